The molecule has 1 unspecified atom stereocenters. The third kappa shape index (κ3) is 3.74. The van der Waals surface area contributed by atoms with Crippen molar-refractivity contribution < 1.29 is 24.5 Å². The highest BCUT2D eigenvalue weighted by Gasteiger charge is 2.30. The average molecular weight is 243 g/mol. The third-order valence-corrected chi connectivity index (χ3v) is 2.22. The summed E-state index contributed by atoms with van der Waals surface area (Å²) in [7, 11) is 0. The van der Waals surface area contributed by atoms with Gasteiger partial charge in [0.25, 0.3) is 0 Å². The van der Waals surface area contributed by atoms with Crippen LogP contribution in [-0.2, 0) is 9.53 Å². The molecule has 1 rings (SSSR count). The van der Waals surface area contributed by atoms with E-state index < -0.39 is 23.8 Å². The van der Waals surface area contributed by atoms with Crippen LogP contribution in [0, 0.1) is 0 Å². The smallest absolute Gasteiger partial charge is 0.411 e. The number of carboxylic acids is 1. The van der Waals surface area contributed by atoms with Gasteiger partial charge in [-0.1, -0.05) is 0 Å². The van der Waals surface area contributed by atoms with Crippen LogP contribution >= 0.6 is 0 Å². The lowest BCUT2D eigenvalue weighted by Gasteiger charge is -2.21. The maximum absolute atomic E-state index is 11.5. The Morgan fingerprint density at radius 1 is 1.41 bits per heavy atom. The number of ether oxygens (including phenoxy) is 1. The molecule has 1 amide bonds. The molecule has 0 aromatic rings. The van der Waals surface area contributed by atoms with Crippen LogP contribution in [0.2, 0.25) is 0 Å². The number of carbonyl (C=O) groups is 2. The van der Waals surface area contributed by atoms with Crippen molar-refractivity contribution in [2.75, 3.05) is 0 Å². The Morgan fingerprint density at radius 2 is 2.00 bits per heavy atom. The number of nitrogens with one attached hydrogen (secondary N) is 1. The number of carboxylic acid groups (broad SMARTS) is 1. The van der Waals surface area contributed by atoms with Crippen molar-refractivity contribution in [2.45, 2.75) is 45.3 Å². The summed E-state index contributed by atoms with van der Waals surface area (Å²) >= 11 is 0. The molecule has 6 heteroatoms. The molecule has 0 saturated heterocycles. The first-order chi connectivity index (χ1) is 7.70. The molecular formula is C11H17NO5. The van der Waals surface area contributed by atoms with Crippen molar-refractivity contribution >= 4 is 12.1 Å². The van der Waals surface area contributed by atoms with Crippen LogP contribution in [0.3, 0.4) is 0 Å². The zero-order valence-electron chi connectivity index (χ0n) is 10.1. The number of aliphatic hydroxyl groups is 1. The molecule has 0 saturated carbocycles. The minimum atomic E-state index is -1.13. The Morgan fingerprint density at radius 3 is 2.47 bits per heavy atom. The van der Waals surface area contributed by atoms with Crippen LogP contribution < -0.4 is 5.32 Å². The molecule has 17 heavy (non-hydrogen) atoms. The molecule has 3 N–H and O–H groups in total. The van der Waals surface area contributed by atoms with Gasteiger partial charge in [-0.05, 0) is 33.6 Å². The number of alkyl carbamates (subject to hydrolysis) is 1. The van der Waals surface area contributed by atoms with Gasteiger partial charge in [0.15, 0.2) is 0 Å². The molecule has 0 aliphatic heterocycles. The highest BCUT2D eigenvalue weighted by Crippen LogP contribution is 2.25. The minimum absolute atomic E-state index is 0.0309. The summed E-state index contributed by atoms with van der Waals surface area (Å²) in [5.41, 5.74) is -0.604. The second kappa shape index (κ2) is 4.75. The Balaban J connectivity index is 2.75. The van der Waals surface area contributed by atoms with Gasteiger partial charge in [-0.3, -0.25) is 5.32 Å². The molecule has 0 bridgehead atoms. The summed E-state index contributed by atoms with van der Waals surface area (Å²) in [4.78, 5) is 22.3. The first-order valence-corrected chi connectivity index (χ1v) is 5.35. The van der Waals surface area contributed by atoms with Gasteiger partial charge < -0.3 is 14.9 Å². The molecule has 96 valence electrons. The summed E-state index contributed by atoms with van der Waals surface area (Å²) in [6, 6.07) is 0. The van der Waals surface area contributed by atoms with Gasteiger partial charge in [0, 0.05) is 0 Å². The second-order valence-electron chi connectivity index (χ2n) is 4.88. The number of aliphatic carboxylic acids is 1. The molecular weight excluding hydrogens is 226 g/mol. The van der Waals surface area contributed by atoms with E-state index >= 15 is 0 Å². The van der Waals surface area contributed by atoms with Crippen molar-refractivity contribution in [3.63, 3.8) is 0 Å². The van der Waals surface area contributed by atoms with Crippen LogP contribution in [0.1, 0.15) is 33.6 Å². The zero-order valence-corrected chi connectivity index (χ0v) is 10.1. The van der Waals surface area contributed by atoms with E-state index in [0.717, 1.165) is 0 Å². The predicted octanol–water partition coefficient (Wildman–Crippen LogP) is 1.00. The Kier molecular flexibility index (Phi) is 3.77. The summed E-state index contributed by atoms with van der Waals surface area (Å²) in [5, 5.41) is 20.8. The van der Waals surface area contributed by atoms with Gasteiger partial charge in [-0.15, -0.1) is 0 Å². The van der Waals surface area contributed by atoms with Gasteiger partial charge in [0.05, 0.1) is 17.4 Å². The van der Waals surface area contributed by atoms with E-state index in [1.165, 1.54) is 0 Å². The average Bonchev–Trinajstić information content (AvgIpc) is 2.44. The van der Waals surface area contributed by atoms with Crippen molar-refractivity contribution in [3.05, 3.63) is 11.3 Å². The molecule has 1 atom stereocenters. The van der Waals surface area contributed by atoms with Gasteiger partial charge in [-0.2, -0.15) is 0 Å². The molecule has 0 heterocycles. The summed E-state index contributed by atoms with van der Waals surface area (Å²) in [5.74, 6) is -1.13. The molecule has 1 aliphatic rings. The highest BCUT2D eigenvalue weighted by atomic mass is 16.6. The van der Waals surface area contributed by atoms with Crippen molar-refractivity contribution in [2.24, 2.45) is 0 Å². The predicted molar refractivity (Wildman–Crippen MR) is 59.3 cm³/mol. The minimum Gasteiger partial charge on any atom is -0.478 e. The van der Waals surface area contributed by atoms with Crippen LogP contribution in [-0.4, -0.2) is 34.0 Å². The van der Waals surface area contributed by atoms with E-state index in [2.05, 4.69) is 5.32 Å². The van der Waals surface area contributed by atoms with E-state index in [0.29, 0.717) is 6.42 Å². The van der Waals surface area contributed by atoms with E-state index in [1.807, 2.05) is 0 Å². The fourth-order valence-electron chi connectivity index (χ4n) is 1.56. The Bertz CT molecular complexity index is 367. The van der Waals surface area contributed by atoms with Gasteiger partial charge in [0.2, 0.25) is 0 Å². The van der Waals surface area contributed by atoms with Gasteiger partial charge in [0.1, 0.15) is 5.60 Å². The van der Waals surface area contributed by atoms with Gasteiger partial charge in [-0.25, -0.2) is 9.59 Å². The number of hydrogen-bond acceptors (Lipinski definition) is 4. The maximum atomic E-state index is 11.5. The lowest BCUT2D eigenvalue weighted by atomic mass is 10.2. The summed E-state index contributed by atoms with van der Waals surface area (Å²) in [6.45, 7) is 5.10. The molecule has 0 spiro atoms. The van der Waals surface area contributed by atoms with Crippen molar-refractivity contribution in [3.8, 4) is 0 Å². The highest BCUT2D eigenvalue weighted by molar-refractivity contribution is 5.89. The third-order valence-electron chi connectivity index (χ3n) is 2.22. The first kappa shape index (κ1) is 13.5. The normalized spacial score (nSPS) is 20.4. The lowest BCUT2D eigenvalue weighted by molar-refractivity contribution is -0.132. The van der Waals surface area contributed by atoms with Crippen LogP contribution in [0.25, 0.3) is 0 Å². The van der Waals surface area contributed by atoms with Crippen LogP contribution in [0.4, 0.5) is 4.79 Å². The quantitative estimate of drug-likeness (QED) is 0.672. The van der Waals surface area contributed by atoms with Gasteiger partial charge >= 0.3 is 12.1 Å². The molecule has 0 aromatic heterocycles. The van der Waals surface area contributed by atoms with E-state index in [4.69, 9.17) is 9.84 Å². The first-order valence-electron chi connectivity index (χ1n) is 5.35. The largest absolute Gasteiger partial charge is 0.478 e. The number of aliphatic hydroxyl groups excluding tert-OH is 1. The number of amides is 1. The Hall–Kier alpha value is -1.56. The lowest BCUT2D eigenvalue weighted by Crippen LogP contribution is -2.35. The van der Waals surface area contributed by atoms with Crippen molar-refractivity contribution in [1.29, 1.82) is 0 Å². The van der Waals surface area contributed by atoms with Crippen LogP contribution in [0.5, 0.6) is 0 Å². The summed E-state index contributed by atoms with van der Waals surface area (Å²) in [6.07, 6.45) is -1.17. The van der Waals surface area contributed by atoms with E-state index in [1.54, 1.807) is 20.8 Å². The standard InChI is InChI=1S/C11H17NO5/c1-11(2,3)17-10(16)12-8-6(9(14)15)4-5-7(8)13/h7,13H,4-5H2,1-3H3,(H,12,16)(H,14,15). The molecule has 6 nitrogen and oxygen atoms in total. The fourth-order valence-corrected chi connectivity index (χ4v) is 1.56. The van der Waals surface area contributed by atoms with E-state index in [9.17, 15) is 14.7 Å². The maximum Gasteiger partial charge on any atom is 0.411 e. The number of rotatable bonds is 2. The number of carbonyl (C=O) groups excluding carboxylic acids is 1. The second-order valence-corrected chi connectivity index (χ2v) is 4.88. The molecule has 0 aromatic carbocycles. The zero-order chi connectivity index (χ0) is 13.2. The Labute approximate surface area is 99.3 Å². The SMILES string of the molecule is CC(C)(C)OC(=O)NC1=C(C(=O)O)CCC1O. The monoisotopic (exact) mass is 243 g/mol. The molecule has 0 radical (unpaired) electrons. The molecule has 1 aliphatic carbocycles. The van der Waals surface area contributed by atoms with Crippen LogP contribution in [0.15, 0.2) is 11.3 Å². The topological polar surface area (TPSA) is 95.9 Å². The number of hydrogen-bond donors (Lipinski definition) is 3. The summed E-state index contributed by atoms with van der Waals surface area (Å²) < 4.78 is 4.99. The molecule has 0 fully saturated rings. The van der Waals surface area contributed by atoms with Crippen molar-refractivity contribution in [1.82, 2.24) is 5.32 Å². The van der Waals surface area contributed by atoms with E-state index in [-0.39, 0.29) is 17.7 Å². The fraction of sp³-hybridized carbons (Fsp3) is 0.636.